The Kier molecular flexibility index (Phi) is 3.76. The molecule has 2 heterocycles. The molecule has 0 aliphatic carbocycles. The Morgan fingerprint density at radius 2 is 1.83 bits per heavy atom. The lowest BCUT2D eigenvalue weighted by Gasteiger charge is -2.06. The van der Waals surface area contributed by atoms with Crippen LogP contribution in [0.2, 0.25) is 0 Å². The van der Waals surface area contributed by atoms with E-state index < -0.39 is 0 Å². The summed E-state index contributed by atoms with van der Waals surface area (Å²) in [6.45, 7) is 1.73. The van der Waals surface area contributed by atoms with Crippen molar-refractivity contribution < 1.29 is 14.3 Å². The van der Waals surface area contributed by atoms with E-state index in [1.54, 1.807) is 0 Å². The number of halogens is 1. The second-order valence-corrected chi connectivity index (χ2v) is 6.45. The summed E-state index contributed by atoms with van der Waals surface area (Å²) in [5.74, 6) is 1.26. The van der Waals surface area contributed by atoms with Crippen LogP contribution in [0.3, 0.4) is 0 Å². The third kappa shape index (κ3) is 2.47. The van der Waals surface area contributed by atoms with Gasteiger partial charge in [-0.1, -0.05) is 30.3 Å². The van der Waals surface area contributed by atoms with Crippen LogP contribution < -0.4 is 9.47 Å². The molecule has 0 bridgehead atoms. The molecule has 0 spiro atoms. The van der Waals surface area contributed by atoms with Gasteiger partial charge in [0, 0.05) is 18.1 Å². The van der Waals surface area contributed by atoms with E-state index in [1.165, 1.54) is 11.6 Å². The number of nitrogens with zero attached hydrogens (tertiary/aromatic N) is 2. The number of benzene rings is 2. The maximum absolute atomic E-state index is 12.1. The van der Waals surface area contributed by atoms with Gasteiger partial charge in [0.2, 0.25) is 12.7 Å². The van der Waals surface area contributed by atoms with Crippen molar-refractivity contribution in [3.05, 3.63) is 52.1 Å². The Bertz CT molecular complexity index is 935. The SMILES string of the molecule is CC(=O)n1nc(-c2ccccc2)c(I)c1-c1ccc2c(c1)OCO2. The number of hydrogen-bond donors (Lipinski definition) is 0. The standard InChI is InChI=1S/C18H13IN2O3/c1-11(22)21-18(13-7-8-14-15(9-13)24-10-23-14)16(19)17(20-21)12-5-3-2-4-6-12/h2-9H,10H2,1H3. The summed E-state index contributed by atoms with van der Waals surface area (Å²) in [6.07, 6.45) is 0. The minimum atomic E-state index is -0.136. The highest BCUT2D eigenvalue weighted by atomic mass is 127. The minimum Gasteiger partial charge on any atom is -0.454 e. The van der Waals surface area contributed by atoms with Gasteiger partial charge in [-0.15, -0.1) is 0 Å². The summed E-state index contributed by atoms with van der Waals surface area (Å²) in [7, 11) is 0. The summed E-state index contributed by atoms with van der Waals surface area (Å²) in [5.41, 5.74) is 3.40. The number of rotatable bonds is 2. The maximum atomic E-state index is 12.1. The van der Waals surface area contributed by atoms with E-state index in [-0.39, 0.29) is 12.7 Å². The van der Waals surface area contributed by atoms with Crippen LogP contribution in [-0.4, -0.2) is 22.5 Å². The second kappa shape index (κ2) is 5.94. The van der Waals surface area contributed by atoms with Crippen molar-refractivity contribution in [1.29, 1.82) is 0 Å². The second-order valence-electron chi connectivity index (χ2n) is 5.38. The highest BCUT2D eigenvalue weighted by molar-refractivity contribution is 14.1. The van der Waals surface area contributed by atoms with Crippen molar-refractivity contribution in [2.24, 2.45) is 0 Å². The number of fused-ring (bicyclic) bond motifs is 1. The number of aromatic nitrogens is 2. The van der Waals surface area contributed by atoms with Crippen molar-refractivity contribution in [1.82, 2.24) is 9.78 Å². The number of ether oxygens (including phenoxy) is 2. The molecule has 0 saturated heterocycles. The fraction of sp³-hybridized carbons (Fsp3) is 0.111. The molecule has 0 atom stereocenters. The van der Waals surface area contributed by atoms with Gasteiger partial charge in [-0.05, 0) is 40.8 Å². The third-order valence-corrected chi connectivity index (χ3v) is 4.84. The van der Waals surface area contributed by atoms with Gasteiger partial charge in [0.1, 0.15) is 5.69 Å². The molecule has 120 valence electrons. The van der Waals surface area contributed by atoms with Crippen molar-refractivity contribution in [3.63, 3.8) is 0 Å². The molecule has 0 amide bonds. The van der Waals surface area contributed by atoms with Gasteiger partial charge in [-0.25, -0.2) is 0 Å². The van der Waals surface area contributed by atoms with Crippen LogP contribution in [0.25, 0.3) is 22.5 Å². The summed E-state index contributed by atoms with van der Waals surface area (Å²) in [6, 6.07) is 15.5. The van der Waals surface area contributed by atoms with Gasteiger partial charge < -0.3 is 9.47 Å². The molecule has 0 N–H and O–H groups in total. The molecular formula is C18H13IN2O3. The van der Waals surface area contributed by atoms with E-state index >= 15 is 0 Å². The monoisotopic (exact) mass is 432 g/mol. The van der Waals surface area contributed by atoms with Crippen LogP contribution in [0.4, 0.5) is 0 Å². The largest absolute Gasteiger partial charge is 0.454 e. The summed E-state index contributed by atoms with van der Waals surface area (Å²) < 4.78 is 13.2. The Morgan fingerprint density at radius 1 is 1.08 bits per heavy atom. The lowest BCUT2D eigenvalue weighted by Crippen LogP contribution is -2.09. The number of hydrogen-bond acceptors (Lipinski definition) is 4. The smallest absolute Gasteiger partial charge is 0.244 e. The van der Waals surface area contributed by atoms with Gasteiger partial charge in [0.05, 0.1) is 9.26 Å². The molecule has 0 unspecified atom stereocenters. The molecule has 24 heavy (non-hydrogen) atoms. The van der Waals surface area contributed by atoms with Gasteiger partial charge in [0.25, 0.3) is 0 Å². The number of carbonyl (C=O) groups is 1. The third-order valence-electron chi connectivity index (χ3n) is 3.82. The van der Waals surface area contributed by atoms with Crippen LogP contribution in [0.5, 0.6) is 11.5 Å². The van der Waals surface area contributed by atoms with Gasteiger partial charge in [0.15, 0.2) is 11.5 Å². The first-order valence-electron chi connectivity index (χ1n) is 7.40. The van der Waals surface area contributed by atoms with Crippen LogP contribution in [0.15, 0.2) is 48.5 Å². The molecular weight excluding hydrogens is 419 g/mol. The van der Waals surface area contributed by atoms with E-state index in [2.05, 4.69) is 27.7 Å². The first kappa shape index (κ1) is 15.2. The first-order valence-corrected chi connectivity index (χ1v) is 8.48. The molecule has 1 aliphatic heterocycles. The Hall–Kier alpha value is -2.35. The Balaban J connectivity index is 1.91. The molecule has 4 rings (SSSR count). The van der Waals surface area contributed by atoms with Crippen molar-refractivity contribution >= 4 is 28.5 Å². The summed E-state index contributed by atoms with van der Waals surface area (Å²) in [4.78, 5) is 12.1. The molecule has 0 radical (unpaired) electrons. The molecule has 3 aromatic rings. The average molecular weight is 432 g/mol. The van der Waals surface area contributed by atoms with E-state index in [0.29, 0.717) is 11.5 Å². The van der Waals surface area contributed by atoms with E-state index in [4.69, 9.17) is 9.47 Å². The lowest BCUT2D eigenvalue weighted by atomic mass is 10.1. The molecule has 1 aromatic heterocycles. The van der Waals surface area contributed by atoms with Gasteiger partial charge >= 0.3 is 0 Å². The predicted octanol–water partition coefficient (Wildman–Crippen LogP) is 4.21. The normalized spacial score (nSPS) is 12.4. The molecule has 0 saturated carbocycles. The van der Waals surface area contributed by atoms with Crippen LogP contribution >= 0.6 is 22.6 Å². The molecule has 2 aromatic carbocycles. The Morgan fingerprint density at radius 3 is 2.58 bits per heavy atom. The van der Waals surface area contributed by atoms with Gasteiger partial charge in [-0.3, -0.25) is 4.79 Å². The van der Waals surface area contributed by atoms with Crippen molar-refractivity contribution in [2.75, 3.05) is 6.79 Å². The zero-order valence-electron chi connectivity index (χ0n) is 12.8. The average Bonchev–Trinajstić information content (AvgIpc) is 3.19. The molecule has 1 aliphatic rings. The predicted molar refractivity (Wildman–Crippen MR) is 98.2 cm³/mol. The molecule has 0 fully saturated rings. The van der Waals surface area contributed by atoms with Crippen LogP contribution in [0.1, 0.15) is 11.7 Å². The minimum absolute atomic E-state index is 0.136. The number of carbonyl (C=O) groups excluding carboxylic acids is 1. The van der Waals surface area contributed by atoms with E-state index in [0.717, 1.165) is 26.1 Å². The zero-order valence-corrected chi connectivity index (χ0v) is 15.0. The van der Waals surface area contributed by atoms with Crippen molar-refractivity contribution in [2.45, 2.75) is 6.92 Å². The van der Waals surface area contributed by atoms with Crippen molar-refractivity contribution in [3.8, 4) is 34.0 Å². The maximum Gasteiger partial charge on any atom is 0.244 e. The topological polar surface area (TPSA) is 53.4 Å². The first-order chi connectivity index (χ1) is 11.6. The lowest BCUT2D eigenvalue weighted by molar-refractivity contribution is 0.0923. The molecule has 6 heteroatoms. The quantitative estimate of drug-likeness (QED) is 0.570. The highest BCUT2D eigenvalue weighted by Gasteiger charge is 2.23. The van der Waals surface area contributed by atoms with E-state index in [1.807, 2.05) is 48.5 Å². The van der Waals surface area contributed by atoms with Gasteiger partial charge in [-0.2, -0.15) is 9.78 Å². The fourth-order valence-corrected chi connectivity index (χ4v) is 3.66. The Labute approximate surface area is 152 Å². The summed E-state index contributed by atoms with van der Waals surface area (Å²) in [5, 5.41) is 4.54. The zero-order chi connectivity index (χ0) is 16.7. The van der Waals surface area contributed by atoms with Crippen LogP contribution in [0, 0.1) is 3.57 Å². The summed E-state index contributed by atoms with van der Waals surface area (Å²) >= 11 is 2.24. The van der Waals surface area contributed by atoms with E-state index in [9.17, 15) is 4.79 Å². The molecule has 5 nitrogen and oxygen atoms in total. The fourth-order valence-electron chi connectivity index (χ4n) is 2.70. The van der Waals surface area contributed by atoms with Crippen LogP contribution in [-0.2, 0) is 0 Å². The highest BCUT2D eigenvalue weighted by Crippen LogP contribution is 2.39.